The summed E-state index contributed by atoms with van der Waals surface area (Å²) in [7, 11) is 0. The van der Waals surface area contributed by atoms with E-state index < -0.39 is 0 Å². The Morgan fingerprint density at radius 1 is 1.09 bits per heavy atom. The quantitative estimate of drug-likeness (QED) is 0.502. The number of carbonyl (C=O) groups is 1. The van der Waals surface area contributed by atoms with Gasteiger partial charge in [-0.05, 0) is 66.8 Å². The molecule has 0 bridgehead atoms. The molecule has 1 saturated heterocycles. The van der Waals surface area contributed by atoms with E-state index in [0.29, 0.717) is 17.7 Å². The van der Waals surface area contributed by atoms with Gasteiger partial charge in [0.2, 0.25) is 0 Å². The van der Waals surface area contributed by atoms with Crippen LogP contribution in [0.25, 0.3) is 0 Å². The van der Waals surface area contributed by atoms with E-state index >= 15 is 0 Å². The molecule has 4 rings (SSSR count). The first-order valence-corrected chi connectivity index (χ1v) is 11.7. The molecule has 0 spiro atoms. The fourth-order valence-electron chi connectivity index (χ4n) is 4.34. The minimum Gasteiger partial charge on any atom is -0.331 e. The number of hydrogen-bond acceptors (Lipinski definition) is 4. The summed E-state index contributed by atoms with van der Waals surface area (Å²) in [4.78, 5) is 22.2. The molecule has 0 unspecified atom stereocenters. The van der Waals surface area contributed by atoms with E-state index in [4.69, 9.17) is 11.6 Å². The van der Waals surface area contributed by atoms with Gasteiger partial charge < -0.3 is 9.80 Å². The van der Waals surface area contributed by atoms with Crippen LogP contribution in [0.3, 0.4) is 0 Å². The second-order valence-corrected chi connectivity index (χ2v) is 8.87. The zero-order valence-corrected chi connectivity index (χ0v) is 19.3. The molecule has 2 heterocycles. The van der Waals surface area contributed by atoms with Gasteiger partial charge in [0.1, 0.15) is 0 Å². The van der Waals surface area contributed by atoms with Gasteiger partial charge in [0.05, 0.1) is 11.6 Å². The van der Waals surface area contributed by atoms with Gasteiger partial charge in [-0.3, -0.25) is 9.78 Å². The summed E-state index contributed by atoms with van der Waals surface area (Å²) in [5, 5.41) is 10.0. The summed E-state index contributed by atoms with van der Waals surface area (Å²) in [5.74, 6) is -0.0319. The predicted molar refractivity (Wildman–Crippen MR) is 130 cm³/mol. The third-order valence-corrected chi connectivity index (χ3v) is 6.46. The average molecular weight is 459 g/mol. The zero-order chi connectivity index (χ0) is 23.0. The number of hydrogen-bond donors (Lipinski definition) is 0. The second kappa shape index (κ2) is 11.1. The molecule has 0 saturated carbocycles. The smallest absolute Gasteiger partial charge is 0.254 e. The van der Waals surface area contributed by atoms with E-state index in [-0.39, 0.29) is 11.9 Å². The zero-order valence-electron chi connectivity index (χ0n) is 18.5. The Morgan fingerprint density at radius 2 is 1.88 bits per heavy atom. The van der Waals surface area contributed by atoms with Gasteiger partial charge in [0, 0.05) is 55.2 Å². The lowest BCUT2D eigenvalue weighted by molar-refractivity contribution is 0.0550. The topological polar surface area (TPSA) is 60.2 Å². The Kier molecular flexibility index (Phi) is 7.72. The Hall–Kier alpha value is -3.20. The average Bonchev–Trinajstić information content (AvgIpc) is 2.87. The molecule has 2 aromatic carbocycles. The van der Waals surface area contributed by atoms with E-state index in [2.05, 4.69) is 28.1 Å². The van der Waals surface area contributed by atoms with Crippen LogP contribution in [0.5, 0.6) is 0 Å². The van der Waals surface area contributed by atoms with Gasteiger partial charge >= 0.3 is 0 Å². The van der Waals surface area contributed by atoms with Crippen LogP contribution in [-0.4, -0.2) is 46.4 Å². The number of rotatable bonds is 7. The van der Waals surface area contributed by atoms with Crippen LogP contribution in [0, 0.1) is 11.3 Å². The molecule has 3 aromatic rings. The number of likely N-dealkylation sites (tertiary alicyclic amines) is 1. The van der Waals surface area contributed by atoms with Crippen molar-refractivity contribution in [2.75, 3.05) is 19.6 Å². The van der Waals surface area contributed by atoms with Crippen molar-refractivity contribution in [3.63, 3.8) is 0 Å². The van der Waals surface area contributed by atoms with Crippen molar-refractivity contribution in [1.82, 2.24) is 14.8 Å². The maximum absolute atomic E-state index is 13.5. The summed E-state index contributed by atoms with van der Waals surface area (Å²) in [6.07, 6.45) is 6.38. The number of benzene rings is 2. The van der Waals surface area contributed by atoms with Gasteiger partial charge in [-0.2, -0.15) is 5.26 Å². The normalized spacial score (nSPS) is 14.5. The monoisotopic (exact) mass is 458 g/mol. The number of carbonyl (C=O) groups excluding carboxylic acids is 1. The number of piperidine rings is 1. The highest BCUT2D eigenvalue weighted by Gasteiger charge is 2.29. The highest BCUT2D eigenvalue weighted by atomic mass is 35.5. The van der Waals surface area contributed by atoms with Gasteiger partial charge in [-0.15, -0.1) is 0 Å². The fourth-order valence-corrected chi connectivity index (χ4v) is 4.46. The number of nitrogens with zero attached hydrogens (tertiary/aromatic N) is 4. The standard InChI is InChI=1S/C27H27ClN4O/c28-25-8-6-21(7-9-25)10-14-31-15-11-26(12-16-31)32(20-23-4-2-13-30-19-23)27(33)24-5-1-3-22(17-24)18-29/h1-9,13,17,19,26H,10-12,14-16,20H2. The minimum atomic E-state index is -0.0319. The summed E-state index contributed by atoms with van der Waals surface area (Å²) in [6, 6.07) is 21.2. The molecule has 168 valence electrons. The van der Waals surface area contributed by atoms with Crippen molar-refractivity contribution in [3.8, 4) is 6.07 Å². The van der Waals surface area contributed by atoms with Crippen LogP contribution in [0.4, 0.5) is 0 Å². The Morgan fingerprint density at radius 3 is 2.58 bits per heavy atom. The Labute approximate surface area is 200 Å². The van der Waals surface area contributed by atoms with E-state index in [1.807, 2.05) is 35.4 Å². The summed E-state index contributed by atoms with van der Waals surface area (Å²) in [6.45, 7) is 3.41. The third-order valence-electron chi connectivity index (χ3n) is 6.20. The van der Waals surface area contributed by atoms with Gasteiger partial charge in [0.25, 0.3) is 5.91 Å². The van der Waals surface area contributed by atoms with Gasteiger partial charge in [-0.1, -0.05) is 35.9 Å². The van der Waals surface area contributed by atoms with Gasteiger partial charge in [-0.25, -0.2) is 0 Å². The predicted octanol–water partition coefficient (Wildman–Crippen LogP) is 4.96. The number of halogens is 1. The third kappa shape index (κ3) is 6.19. The number of amides is 1. The maximum Gasteiger partial charge on any atom is 0.254 e. The molecule has 0 atom stereocenters. The molecule has 0 radical (unpaired) electrons. The minimum absolute atomic E-state index is 0.0319. The first-order valence-electron chi connectivity index (χ1n) is 11.3. The first-order chi connectivity index (χ1) is 16.1. The molecule has 0 aliphatic carbocycles. The van der Waals surface area contributed by atoms with Crippen LogP contribution < -0.4 is 0 Å². The van der Waals surface area contributed by atoms with E-state index in [9.17, 15) is 10.1 Å². The largest absolute Gasteiger partial charge is 0.331 e. The molecule has 1 fully saturated rings. The van der Waals surface area contributed by atoms with Crippen molar-refractivity contribution in [2.24, 2.45) is 0 Å². The Balaban J connectivity index is 1.43. The lowest BCUT2D eigenvalue weighted by Crippen LogP contribution is -2.47. The highest BCUT2D eigenvalue weighted by molar-refractivity contribution is 6.30. The molecule has 1 amide bonds. The van der Waals surface area contributed by atoms with Crippen LogP contribution >= 0.6 is 11.6 Å². The van der Waals surface area contributed by atoms with Crippen LogP contribution in [0.15, 0.2) is 73.1 Å². The van der Waals surface area contributed by atoms with Crippen molar-refractivity contribution in [3.05, 3.63) is 100 Å². The maximum atomic E-state index is 13.5. The molecule has 0 N–H and O–H groups in total. The van der Waals surface area contributed by atoms with Crippen molar-refractivity contribution in [2.45, 2.75) is 31.8 Å². The Bertz CT molecular complexity index is 1100. The lowest BCUT2D eigenvalue weighted by atomic mass is 10.00. The second-order valence-electron chi connectivity index (χ2n) is 8.44. The molecular weight excluding hydrogens is 432 g/mol. The number of aromatic nitrogens is 1. The molecule has 5 nitrogen and oxygen atoms in total. The van der Waals surface area contributed by atoms with E-state index in [0.717, 1.165) is 49.5 Å². The number of nitriles is 1. The van der Waals surface area contributed by atoms with Crippen LogP contribution in [-0.2, 0) is 13.0 Å². The molecule has 33 heavy (non-hydrogen) atoms. The van der Waals surface area contributed by atoms with Gasteiger partial charge in [0.15, 0.2) is 0 Å². The molecular formula is C27H27ClN4O. The molecule has 1 aliphatic heterocycles. The fraction of sp³-hybridized carbons (Fsp3) is 0.296. The van der Waals surface area contributed by atoms with Crippen molar-refractivity contribution in [1.29, 1.82) is 5.26 Å². The highest BCUT2D eigenvalue weighted by Crippen LogP contribution is 2.22. The summed E-state index contributed by atoms with van der Waals surface area (Å²) in [5.41, 5.74) is 3.35. The van der Waals surface area contributed by atoms with Crippen LogP contribution in [0.1, 0.15) is 39.9 Å². The van der Waals surface area contributed by atoms with E-state index in [1.54, 1.807) is 30.5 Å². The molecule has 1 aromatic heterocycles. The van der Waals surface area contributed by atoms with Crippen molar-refractivity contribution < 1.29 is 4.79 Å². The first kappa shape index (κ1) is 23.0. The molecule has 1 aliphatic rings. The summed E-state index contributed by atoms with van der Waals surface area (Å²) >= 11 is 5.99. The number of pyridine rings is 1. The summed E-state index contributed by atoms with van der Waals surface area (Å²) < 4.78 is 0. The molecule has 6 heteroatoms. The van der Waals surface area contributed by atoms with E-state index in [1.165, 1.54) is 5.56 Å². The lowest BCUT2D eigenvalue weighted by Gasteiger charge is -2.38. The SMILES string of the molecule is N#Cc1cccc(C(=O)N(Cc2cccnc2)C2CCN(CCc3ccc(Cl)cc3)CC2)c1. The van der Waals surface area contributed by atoms with Crippen molar-refractivity contribution >= 4 is 17.5 Å². The van der Waals surface area contributed by atoms with Crippen LogP contribution in [0.2, 0.25) is 5.02 Å².